The quantitative estimate of drug-likeness (QED) is 0.0395. The molecule has 10 atom stereocenters. The molecule has 0 aliphatic carbocycles. The summed E-state index contributed by atoms with van der Waals surface area (Å²) in [6.07, 6.45) is -11.8. The summed E-state index contributed by atoms with van der Waals surface area (Å²) in [5.41, 5.74) is 21.6. The topological polar surface area (TPSA) is 438 Å². The summed E-state index contributed by atoms with van der Waals surface area (Å²) in [4.78, 5) is 78.6. The number of hydrogen-bond donors (Lipinski definition) is 14. The third-order valence-corrected chi connectivity index (χ3v) is 7.05. The van der Waals surface area contributed by atoms with Gasteiger partial charge in [0.05, 0.1) is 24.2 Å². The number of nitrogens with two attached hydrogens (primary N) is 4. The molecule has 4 amide bonds. The number of nitrogens with one attached hydrogen (secondary N) is 4. The van der Waals surface area contributed by atoms with Crippen LogP contribution in [0.1, 0.15) is 13.8 Å². The number of amides is 4. The second kappa shape index (κ2) is 19.5. The molecule has 0 bridgehead atoms. The van der Waals surface area contributed by atoms with Crippen molar-refractivity contribution in [2.75, 3.05) is 13.1 Å². The molecule has 2 rings (SSSR count). The molecule has 0 saturated heterocycles. The second-order valence-corrected chi connectivity index (χ2v) is 11.2. The summed E-state index contributed by atoms with van der Waals surface area (Å²) in [6, 6.07) is -5.07. The van der Waals surface area contributed by atoms with Gasteiger partial charge in [-0.05, 0) is 12.2 Å². The summed E-state index contributed by atoms with van der Waals surface area (Å²) in [6.45, 7) is 0.677. The summed E-state index contributed by atoms with van der Waals surface area (Å²) >= 11 is 0. The largest absolute Gasteiger partial charge is 0.664 e. The van der Waals surface area contributed by atoms with Gasteiger partial charge in [-0.1, -0.05) is 0 Å². The van der Waals surface area contributed by atoms with Crippen LogP contribution in [0.3, 0.4) is 0 Å². The van der Waals surface area contributed by atoms with Gasteiger partial charge in [0, 0.05) is 26.9 Å². The molecule has 1 radical (unpaired) electrons. The minimum atomic E-state index is -1.98. The fourth-order valence-electron chi connectivity index (χ4n) is 4.87. The van der Waals surface area contributed by atoms with E-state index < -0.39 is 133 Å². The van der Waals surface area contributed by atoms with E-state index in [1.165, 1.54) is 0 Å². The van der Waals surface area contributed by atoms with Crippen LogP contribution in [0.15, 0.2) is 33.7 Å². The van der Waals surface area contributed by atoms with Gasteiger partial charge in [0.2, 0.25) is 23.3 Å². The summed E-state index contributed by atoms with van der Waals surface area (Å²) < 4.78 is 19.6. The van der Waals surface area contributed by atoms with Crippen molar-refractivity contribution in [2.45, 2.75) is 74.6 Å². The number of carboxylic acids is 2. The lowest BCUT2D eigenvalue weighted by molar-refractivity contribution is -0.145. The monoisotopic (exact) mass is 759 g/mol. The van der Waals surface area contributed by atoms with E-state index in [0.29, 0.717) is 0 Å². The Morgan fingerprint density at radius 2 is 1.06 bits per heavy atom. The molecule has 2 aliphatic rings. The molecule has 27 heteroatoms. The van der Waals surface area contributed by atoms with Crippen LogP contribution in [0.5, 0.6) is 0 Å². The minimum absolute atomic E-state index is 0.220. The van der Waals surface area contributed by atoms with Gasteiger partial charge in [0.15, 0.2) is 11.9 Å². The van der Waals surface area contributed by atoms with Crippen LogP contribution in [-0.2, 0) is 38.0 Å². The fraction of sp³-hybridized carbons (Fsp3) is 0.538. The third kappa shape index (κ3) is 13.2. The molecule has 18 N–H and O–H groups in total. The van der Waals surface area contributed by atoms with Gasteiger partial charge < -0.3 is 93.6 Å². The second-order valence-electron chi connectivity index (χ2n) is 11.2. The van der Waals surface area contributed by atoms with Gasteiger partial charge in [0.1, 0.15) is 36.6 Å². The number of aliphatic hydroxyl groups is 4. The number of carbonyl (C=O) groups is 6. The predicted molar refractivity (Wildman–Crippen MR) is 174 cm³/mol. The number of nitrogens with zero attached hydrogens (tertiary/aromatic N) is 2. The molecular weight excluding hydrogens is 719 g/mol. The first kappa shape index (κ1) is 43.1. The number of ether oxygens (including phenoxy) is 2. The molecule has 0 fully saturated rings. The van der Waals surface area contributed by atoms with E-state index in [4.69, 9.17) is 32.4 Å². The lowest BCUT2D eigenvalue weighted by Gasteiger charge is -2.38. The van der Waals surface area contributed by atoms with Crippen LogP contribution in [0.2, 0.25) is 0 Å². The SMILES string of the molecule is CC(=O)N[C@H]1[C@H]([C@H](O)[C@H](O)CNC(=O)O[B]OC(=O)NC[C@@H](O)[C@@H](O)[C@@H]2OC(C(=O)O)=C[C@H](N=C(N)N)[C@H]2NC(C)=O)OC(C(=O)O)=C[C@@H]1N=C(N)N. The number of aliphatic imine (C=N–C) groups is 2. The van der Waals surface area contributed by atoms with Crippen LogP contribution < -0.4 is 44.2 Å². The molecule has 26 nitrogen and oxygen atoms in total. The van der Waals surface area contributed by atoms with Crippen molar-refractivity contribution in [3.63, 3.8) is 0 Å². The first-order valence-corrected chi connectivity index (χ1v) is 15.1. The Morgan fingerprint density at radius 3 is 1.34 bits per heavy atom. The highest BCUT2D eigenvalue weighted by molar-refractivity contribution is 6.25. The molecular formula is C26H40BN10O16. The number of aliphatic hydroxyl groups excluding tert-OH is 4. The average Bonchev–Trinajstić information content (AvgIpc) is 3.05. The summed E-state index contributed by atoms with van der Waals surface area (Å²) in [7, 11) is 0.220. The highest BCUT2D eigenvalue weighted by atomic mass is 16.6. The Labute approximate surface area is 299 Å². The van der Waals surface area contributed by atoms with Crippen molar-refractivity contribution < 1.29 is 78.2 Å². The standard InChI is InChI=1S/C26H40BN10O16/c1-7(38)34-15-9(36-23(28)29)3-13(21(44)45)50-19(15)17(42)11(40)5-32-25(48)52-27-53-26(49)33-6-12(41)18(43)20-16(35-8(2)39)10(37-24(30)31)4-14(51-20)22(46)47/h3-4,9-12,15-20,40-43H,5-6H2,1-2H3,(H,32,48)(H,33,49)(H,34,38)(H,35,39)(H,44,45)(H,46,47)(H4,28,29,36)(H4,30,31,37)/t9-,10-,11+,12+,15+,16+,17+,18+,19+,20+/m0/s1. The molecule has 293 valence electrons. The van der Waals surface area contributed by atoms with Crippen molar-refractivity contribution in [3.8, 4) is 0 Å². The predicted octanol–water partition coefficient (Wildman–Crippen LogP) is -7.56. The zero-order valence-electron chi connectivity index (χ0n) is 27.9. The highest BCUT2D eigenvalue weighted by Gasteiger charge is 2.45. The van der Waals surface area contributed by atoms with Crippen molar-refractivity contribution in [1.29, 1.82) is 0 Å². The molecule has 0 aromatic carbocycles. The normalized spacial score (nSPS) is 24.2. The Bertz CT molecular complexity index is 1400. The number of carboxylic acid groups (broad SMARTS) is 2. The zero-order valence-corrected chi connectivity index (χ0v) is 27.9. The van der Waals surface area contributed by atoms with E-state index in [1.807, 2.05) is 10.6 Å². The van der Waals surface area contributed by atoms with Crippen LogP contribution in [-0.4, -0.2) is 160 Å². The molecule has 0 aromatic rings. The van der Waals surface area contributed by atoms with Crippen LogP contribution in [0, 0.1) is 0 Å². The van der Waals surface area contributed by atoms with Gasteiger partial charge in [-0.25, -0.2) is 29.2 Å². The highest BCUT2D eigenvalue weighted by Crippen LogP contribution is 2.26. The molecule has 0 spiro atoms. The van der Waals surface area contributed by atoms with Gasteiger partial charge in [0.25, 0.3) is 0 Å². The number of guanidine groups is 2. The van der Waals surface area contributed by atoms with Gasteiger partial charge >= 0.3 is 31.8 Å². The van der Waals surface area contributed by atoms with Gasteiger partial charge in [-0.15, -0.1) is 0 Å². The molecule has 0 saturated carbocycles. The maximum atomic E-state index is 12.1. The Balaban J connectivity index is 1.93. The molecule has 2 heterocycles. The van der Waals surface area contributed by atoms with E-state index in [2.05, 4.69) is 29.9 Å². The molecule has 0 unspecified atom stereocenters. The Morgan fingerprint density at radius 1 is 0.717 bits per heavy atom. The van der Waals surface area contributed by atoms with E-state index in [0.717, 1.165) is 26.0 Å². The smallest absolute Gasteiger partial charge is 0.483 e. The lowest BCUT2D eigenvalue weighted by Crippen LogP contribution is -2.60. The van der Waals surface area contributed by atoms with Crippen molar-refractivity contribution >= 4 is 55.5 Å². The maximum Gasteiger partial charge on any atom is 0.664 e. The van der Waals surface area contributed by atoms with Crippen molar-refractivity contribution in [3.05, 3.63) is 23.7 Å². The zero-order chi connectivity index (χ0) is 40.2. The van der Waals surface area contributed by atoms with E-state index >= 15 is 0 Å². The molecule has 0 aromatic heterocycles. The fourth-order valence-corrected chi connectivity index (χ4v) is 4.87. The van der Waals surface area contributed by atoms with Crippen molar-refractivity contribution in [1.82, 2.24) is 21.3 Å². The number of rotatable bonds is 16. The Hall–Kier alpha value is -6.06. The first-order chi connectivity index (χ1) is 24.7. The van der Waals surface area contributed by atoms with Gasteiger partial charge in [-0.3, -0.25) is 9.59 Å². The van der Waals surface area contributed by atoms with Crippen LogP contribution in [0.25, 0.3) is 0 Å². The third-order valence-electron chi connectivity index (χ3n) is 7.05. The van der Waals surface area contributed by atoms with Gasteiger partial charge in [-0.2, -0.15) is 0 Å². The maximum absolute atomic E-state index is 12.1. The molecule has 2 aliphatic heterocycles. The Kier molecular flexibility index (Phi) is 15.9. The number of hydrogen-bond acceptors (Lipinski definition) is 16. The van der Waals surface area contributed by atoms with Crippen molar-refractivity contribution in [2.24, 2.45) is 32.9 Å². The molecule has 53 heavy (non-hydrogen) atoms. The first-order valence-electron chi connectivity index (χ1n) is 15.1. The lowest BCUT2D eigenvalue weighted by atomic mass is 9.92. The average molecular weight is 759 g/mol. The van der Waals surface area contributed by atoms with E-state index in [9.17, 15) is 59.4 Å². The minimum Gasteiger partial charge on any atom is -0.483 e. The number of carbonyl (C=O) groups excluding carboxylic acids is 4. The van der Waals surface area contributed by atoms with E-state index in [-0.39, 0.29) is 7.69 Å². The summed E-state index contributed by atoms with van der Waals surface area (Å²) in [5, 5.41) is 70.1. The number of aliphatic carboxylic acids is 2. The van der Waals surface area contributed by atoms with E-state index in [1.54, 1.807) is 0 Å². The van der Waals surface area contributed by atoms with Crippen LogP contribution in [0.4, 0.5) is 9.59 Å². The summed E-state index contributed by atoms with van der Waals surface area (Å²) in [5.74, 6) is -6.89. The van der Waals surface area contributed by atoms with Crippen LogP contribution >= 0.6 is 0 Å².